The quantitative estimate of drug-likeness (QED) is 0.607. The molecule has 0 aliphatic rings. The number of rotatable bonds is 4. The van der Waals surface area contributed by atoms with Crippen molar-refractivity contribution in [3.63, 3.8) is 0 Å². The van der Waals surface area contributed by atoms with Crippen molar-refractivity contribution < 1.29 is 0 Å². The second kappa shape index (κ2) is 5.15. The summed E-state index contributed by atoms with van der Waals surface area (Å²) in [4.78, 5) is 5.71. The van der Waals surface area contributed by atoms with Gasteiger partial charge in [0.05, 0.1) is 5.69 Å². The van der Waals surface area contributed by atoms with E-state index in [1.54, 1.807) is 11.3 Å². The van der Waals surface area contributed by atoms with Crippen LogP contribution in [0.2, 0.25) is 0 Å². The number of nitrogens with one attached hydrogen (secondary N) is 1. The molecule has 0 fully saturated rings. The Morgan fingerprint density at radius 3 is 2.64 bits per heavy atom. The Kier molecular flexibility index (Phi) is 4.14. The van der Waals surface area contributed by atoms with Gasteiger partial charge in [0.1, 0.15) is 0 Å². The van der Waals surface area contributed by atoms with Gasteiger partial charge >= 0.3 is 0 Å². The van der Waals surface area contributed by atoms with Gasteiger partial charge in [-0.25, -0.2) is 4.98 Å². The van der Waals surface area contributed by atoms with Crippen molar-refractivity contribution in [1.29, 1.82) is 0 Å². The molecule has 0 aliphatic carbocycles. The highest BCUT2D eigenvalue weighted by atomic mass is 32.1. The summed E-state index contributed by atoms with van der Waals surface area (Å²) in [6.45, 7) is 9.37. The Bertz CT molecular complexity index is 303. The standard InChI is InChI=1S/C11H18N2S/c1-8(2)6-5-7-12-11-13-9(3)10(4)14-11/h6H,5,7H2,1-4H3,(H,12,13). The maximum absolute atomic E-state index is 4.41. The first-order valence-corrected chi connectivity index (χ1v) is 5.72. The molecule has 0 aromatic carbocycles. The summed E-state index contributed by atoms with van der Waals surface area (Å²) in [5.74, 6) is 0. The van der Waals surface area contributed by atoms with Crippen LogP contribution in [0.3, 0.4) is 0 Å². The molecule has 0 spiro atoms. The van der Waals surface area contributed by atoms with Gasteiger partial charge < -0.3 is 5.32 Å². The number of allylic oxidation sites excluding steroid dienone is 1. The fourth-order valence-corrected chi connectivity index (χ4v) is 1.93. The average molecular weight is 210 g/mol. The number of aryl methyl sites for hydroxylation is 2. The second-order valence-electron chi connectivity index (χ2n) is 3.66. The summed E-state index contributed by atoms with van der Waals surface area (Å²) in [6, 6.07) is 0. The number of nitrogens with zero attached hydrogens (tertiary/aromatic N) is 1. The molecule has 0 aliphatic heterocycles. The topological polar surface area (TPSA) is 24.9 Å². The van der Waals surface area contributed by atoms with Crippen LogP contribution in [0.5, 0.6) is 0 Å². The molecule has 0 saturated carbocycles. The van der Waals surface area contributed by atoms with Crippen molar-refractivity contribution >= 4 is 16.5 Å². The first kappa shape index (κ1) is 11.2. The first-order valence-electron chi connectivity index (χ1n) is 4.91. The summed E-state index contributed by atoms with van der Waals surface area (Å²) >= 11 is 1.73. The molecule has 1 heterocycles. The van der Waals surface area contributed by atoms with Gasteiger partial charge in [0, 0.05) is 11.4 Å². The molecular formula is C11H18N2S. The Hall–Kier alpha value is -0.830. The van der Waals surface area contributed by atoms with E-state index in [1.807, 2.05) is 6.92 Å². The molecule has 0 saturated heterocycles. The zero-order valence-corrected chi connectivity index (χ0v) is 10.2. The van der Waals surface area contributed by atoms with E-state index in [0.717, 1.165) is 23.8 Å². The van der Waals surface area contributed by atoms with E-state index in [1.165, 1.54) is 10.5 Å². The molecule has 0 radical (unpaired) electrons. The van der Waals surface area contributed by atoms with Crippen LogP contribution >= 0.6 is 11.3 Å². The third-order valence-electron chi connectivity index (χ3n) is 2.00. The van der Waals surface area contributed by atoms with Crippen LogP contribution in [0, 0.1) is 13.8 Å². The number of thiazole rings is 1. The highest BCUT2D eigenvalue weighted by Gasteiger charge is 2.01. The lowest BCUT2D eigenvalue weighted by atomic mass is 10.3. The normalized spacial score (nSPS) is 10.0. The van der Waals surface area contributed by atoms with E-state index < -0.39 is 0 Å². The van der Waals surface area contributed by atoms with Gasteiger partial charge in [-0.05, 0) is 34.1 Å². The van der Waals surface area contributed by atoms with E-state index in [2.05, 4.69) is 37.1 Å². The fraction of sp³-hybridized carbons (Fsp3) is 0.545. The third-order valence-corrected chi connectivity index (χ3v) is 3.03. The molecule has 1 aromatic rings. The summed E-state index contributed by atoms with van der Waals surface area (Å²) in [5.41, 5.74) is 2.51. The largest absolute Gasteiger partial charge is 0.361 e. The molecule has 78 valence electrons. The third kappa shape index (κ3) is 3.50. The molecule has 1 aromatic heterocycles. The van der Waals surface area contributed by atoms with Gasteiger partial charge in [-0.3, -0.25) is 0 Å². The summed E-state index contributed by atoms with van der Waals surface area (Å²) in [6.07, 6.45) is 3.31. The zero-order chi connectivity index (χ0) is 10.6. The van der Waals surface area contributed by atoms with Crippen LogP contribution in [0.15, 0.2) is 11.6 Å². The van der Waals surface area contributed by atoms with Crippen molar-refractivity contribution in [2.24, 2.45) is 0 Å². The number of hydrogen-bond acceptors (Lipinski definition) is 3. The minimum Gasteiger partial charge on any atom is -0.361 e. The van der Waals surface area contributed by atoms with Gasteiger partial charge in [0.15, 0.2) is 5.13 Å². The lowest BCUT2D eigenvalue weighted by Crippen LogP contribution is -1.99. The zero-order valence-electron chi connectivity index (χ0n) is 9.35. The molecule has 0 amide bonds. The molecule has 3 heteroatoms. The highest BCUT2D eigenvalue weighted by Crippen LogP contribution is 2.20. The molecule has 14 heavy (non-hydrogen) atoms. The Morgan fingerprint density at radius 1 is 1.43 bits per heavy atom. The van der Waals surface area contributed by atoms with Crippen molar-refractivity contribution in [3.8, 4) is 0 Å². The Balaban J connectivity index is 2.35. The lowest BCUT2D eigenvalue weighted by molar-refractivity contribution is 1.04. The molecule has 1 N–H and O–H groups in total. The minimum absolute atomic E-state index is 0.970. The molecule has 0 unspecified atom stereocenters. The molecular weight excluding hydrogens is 192 g/mol. The Labute approximate surface area is 90.1 Å². The maximum Gasteiger partial charge on any atom is 0.183 e. The Morgan fingerprint density at radius 2 is 2.14 bits per heavy atom. The SMILES string of the molecule is CC(C)=CCCNc1nc(C)c(C)s1. The number of anilines is 1. The van der Waals surface area contributed by atoms with E-state index in [-0.39, 0.29) is 0 Å². The molecule has 0 atom stereocenters. The van der Waals surface area contributed by atoms with Gasteiger partial charge in [0.2, 0.25) is 0 Å². The van der Waals surface area contributed by atoms with Crippen LogP contribution in [0.4, 0.5) is 5.13 Å². The van der Waals surface area contributed by atoms with Crippen LogP contribution in [-0.2, 0) is 0 Å². The lowest BCUT2D eigenvalue weighted by Gasteiger charge is -1.98. The van der Waals surface area contributed by atoms with Crippen LogP contribution in [0.1, 0.15) is 30.8 Å². The van der Waals surface area contributed by atoms with Gasteiger partial charge in [-0.15, -0.1) is 11.3 Å². The van der Waals surface area contributed by atoms with Crippen molar-refractivity contribution in [2.75, 3.05) is 11.9 Å². The van der Waals surface area contributed by atoms with Crippen molar-refractivity contribution in [1.82, 2.24) is 4.98 Å². The predicted molar refractivity (Wildman–Crippen MR) is 64.1 cm³/mol. The second-order valence-corrected chi connectivity index (χ2v) is 4.86. The smallest absolute Gasteiger partial charge is 0.183 e. The first-order chi connectivity index (χ1) is 6.59. The number of aromatic nitrogens is 1. The molecule has 0 bridgehead atoms. The maximum atomic E-state index is 4.41. The summed E-state index contributed by atoms with van der Waals surface area (Å²) in [7, 11) is 0. The van der Waals surface area contributed by atoms with E-state index in [4.69, 9.17) is 0 Å². The predicted octanol–water partition coefficient (Wildman–Crippen LogP) is 3.53. The van der Waals surface area contributed by atoms with Crippen LogP contribution < -0.4 is 5.32 Å². The molecule has 1 rings (SSSR count). The van der Waals surface area contributed by atoms with Gasteiger partial charge in [-0.1, -0.05) is 11.6 Å². The summed E-state index contributed by atoms with van der Waals surface area (Å²) < 4.78 is 0. The van der Waals surface area contributed by atoms with Gasteiger partial charge in [0.25, 0.3) is 0 Å². The van der Waals surface area contributed by atoms with Gasteiger partial charge in [-0.2, -0.15) is 0 Å². The molecule has 2 nitrogen and oxygen atoms in total. The van der Waals surface area contributed by atoms with Crippen molar-refractivity contribution in [3.05, 3.63) is 22.2 Å². The van der Waals surface area contributed by atoms with Crippen molar-refractivity contribution in [2.45, 2.75) is 34.1 Å². The van der Waals surface area contributed by atoms with Crippen LogP contribution in [0.25, 0.3) is 0 Å². The average Bonchev–Trinajstić information content (AvgIpc) is 2.40. The summed E-state index contributed by atoms with van der Waals surface area (Å²) in [5, 5.41) is 4.37. The van der Waals surface area contributed by atoms with E-state index in [9.17, 15) is 0 Å². The minimum atomic E-state index is 0.970. The van der Waals surface area contributed by atoms with Crippen LogP contribution in [-0.4, -0.2) is 11.5 Å². The van der Waals surface area contributed by atoms with E-state index in [0.29, 0.717) is 0 Å². The highest BCUT2D eigenvalue weighted by molar-refractivity contribution is 7.15. The van der Waals surface area contributed by atoms with E-state index >= 15 is 0 Å². The number of hydrogen-bond donors (Lipinski definition) is 1. The monoisotopic (exact) mass is 210 g/mol. The fourth-order valence-electron chi connectivity index (χ4n) is 1.09.